The van der Waals surface area contributed by atoms with Crippen LogP contribution in [-0.2, 0) is 14.3 Å². The molecule has 1 N–H and O–H groups in total. The number of rotatable bonds is 7. The molecular formula is C16H20N2O4. The third kappa shape index (κ3) is 5.83. The maximum Gasteiger partial charge on any atom is 0.344 e. The van der Waals surface area contributed by atoms with Crippen molar-refractivity contribution < 1.29 is 19.1 Å². The molecule has 118 valence electrons. The second-order valence-electron chi connectivity index (χ2n) is 5.16. The maximum atomic E-state index is 11.6. The predicted octanol–water partition coefficient (Wildman–Crippen LogP) is 1.64. The minimum Gasteiger partial charge on any atom is -0.481 e. The van der Waals surface area contributed by atoms with Crippen molar-refractivity contribution in [2.24, 2.45) is 5.92 Å². The molecule has 0 spiro atoms. The Kier molecular flexibility index (Phi) is 6.90. The molecule has 0 unspecified atom stereocenters. The molecule has 1 atom stereocenters. The Labute approximate surface area is 130 Å². The monoisotopic (exact) mass is 304 g/mol. The van der Waals surface area contributed by atoms with Gasteiger partial charge in [0.15, 0.2) is 13.2 Å². The van der Waals surface area contributed by atoms with Crippen molar-refractivity contribution in [2.45, 2.75) is 26.8 Å². The number of esters is 1. The van der Waals surface area contributed by atoms with Crippen LogP contribution in [0.3, 0.4) is 0 Å². The van der Waals surface area contributed by atoms with E-state index < -0.39 is 5.97 Å². The molecule has 0 aliphatic carbocycles. The average Bonchev–Trinajstić information content (AvgIpc) is 2.50. The Balaban J connectivity index is 2.35. The van der Waals surface area contributed by atoms with Gasteiger partial charge in [0.1, 0.15) is 11.8 Å². The summed E-state index contributed by atoms with van der Waals surface area (Å²) in [4.78, 5) is 23.1. The molecule has 1 aromatic rings. The Hall–Kier alpha value is -2.55. The van der Waals surface area contributed by atoms with E-state index in [1.807, 2.05) is 26.8 Å². The van der Waals surface area contributed by atoms with Crippen LogP contribution in [0, 0.1) is 17.2 Å². The predicted molar refractivity (Wildman–Crippen MR) is 80.1 cm³/mol. The van der Waals surface area contributed by atoms with Gasteiger partial charge >= 0.3 is 5.97 Å². The third-order valence-corrected chi connectivity index (χ3v) is 3.11. The number of carbonyl (C=O) groups is 2. The van der Waals surface area contributed by atoms with Crippen molar-refractivity contribution in [1.82, 2.24) is 5.32 Å². The summed E-state index contributed by atoms with van der Waals surface area (Å²) in [5.74, 6) is -0.419. The van der Waals surface area contributed by atoms with Gasteiger partial charge in [-0.1, -0.05) is 26.0 Å². The Bertz CT molecular complexity index is 564. The van der Waals surface area contributed by atoms with Crippen molar-refractivity contribution in [2.75, 3.05) is 13.2 Å². The number of hydrogen-bond acceptors (Lipinski definition) is 5. The fourth-order valence-electron chi connectivity index (χ4n) is 1.47. The Morgan fingerprint density at radius 1 is 1.23 bits per heavy atom. The van der Waals surface area contributed by atoms with Gasteiger partial charge in [0.2, 0.25) is 0 Å². The van der Waals surface area contributed by atoms with Crippen LogP contribution in [0.1, 0.15) is 26.3 Å². The van der Waals surface area contributed by atoms with Gasteiger partial charge in [0.05, 0.1) is 5.56 Å². The first-order valence-electron chi connectivity index (χ1n) is 7.01. The van der Waals surface area contributed by atoms with Crippen LogP contribution in [-0.4, -0.2) is 31.1 Å². The van der Waals surface area contributed by atoms with Crippen molar-refractivity contribution in [3.63, 3.8) is 0 Å². The SMILES string of the molecule is CC(C)[C@@H](C)NC(=O)COC(=O)COc1ccccc1C#N. The van der Waals surface area contributed by atoms with Gasteiger partial charge in [-0.05, 0) is 25.0 Å². The summed E-state index contributed by atoms with van der Waals surface area (Å²) in [5.41, 5.74) is 0.332. The third-order valence-electron chi connectivity index (χ3n) is 3.11. The summed E-state index contributed by atoms with van der Waals surface area (Å²) in [6.45, 7) is 5.14. The first-order chi connectivity index (χ1) is 10.4. The molecule has 0 aromatic heterocycles. The van der Waals surface area contributed by atoms with Crippen molar-refractivity contribution >= 4 is 11.9 Å². The van der Waals surface area contributed by atoms with Gasteiger partial charge in [0, 0.05) is 6.04 Å². The molecule has 0 bridgehead atoms. The molecule has 1 rings (SSSR count). The van der Waals surface area contributed by atoms with Crippen LogP contribution < -0.4 is 10.1 Å². The lowest BCUT2D eigenvalue weighted by atomic mass is 10.1. The lowest BCUT2D eigenvalue weighted by molar-refractivity contribution is -0.150. The normalized spacial score (nSPS) is 11.4. The van der Waals surface area contributed by atoms with E-state index >= 15 is 0 Å². The number of hydrogen-bond donors (Lipinski definition) is 1. The molecule has 1 aromatic carbocycles. The van der Waals surface area contributed by atoms with Crippen LogP contribution in [0.25, 0.3) is 0 Å². The molecule has 0 aliphatic heterocycles. The van der Waals surface area contributed by atoms with Crippen molar-refractivity contribution in [3.8, 4) is 11.8 Å². The number of amides is 1. The fraction of sp³-hybridized carbons (Fsp3) is 0.438. The minimum absolute atomic E-state index is 0.00459. The smallest absolute Gasteiger partial charge is 0.344 e. The Morgan fingerprint density at radius 2 is 1.91 bits per heavy atom. The summed E-state index contributed by atoms with van der Waals surface area (Å²) >= 11 is 0. The van der Waals surface area contributed by atoms with Crippen molar-refractivity contribution in [1.29, 1.82) is 5.26 Å². The standard InChI is InChI=1S/C16H20N2O4/c1-11(2)12(3)18-15(19)9-22-16(20)10-21-14-7-5-4-6-13(14)8-17/h4-7,11-12H,9-10H2,1-3H3,(H,18,19)/t12-/m1/s1. The zero-order chi connectivity index (χ0) is 16.5. The molecule has 1 amide bonds. The zero-order valence-electron chi connectivity index (χ0n) is 13.0. The van der Waals surface area contributed by atoms with E-state index in [1.54, 1.807) is 24.3 Å². The molecule has 0 radical (unpaired) electrons. The maximum absolute atomic E-state index is 11.6. The topological polar surface area (TPSA) is 88.4 Å². The van der Waals surface area contributed by atoms with E-state index in [4.69, 9.17) is 14.7 Å². The van der Waals surface area contributed by atoms with Gasteiger partial charge in [-0.25, -0.2) is 4.79 Å². The van der Waals surface area contributed by atoms with Gasteiger partial charge in [-0.3, -0.25) is 4.79 Å². The van der Waals surface area contributed by atoms with Crippen LogP contribution in [0.5, 0.6) is 5.75 Å². The molecule has 0 fully saturated rings. The summed E-state index contributed by atoms with van der Waals surface area (Å²) in [7, 11) is 0. The average molecular weight is 304 g/mol. The number of para-hydroxylation sites is 1. The van der Waals surface area contributed by atoms with Crippen LogP contribution in [0.2, 0.25) is 0 Å². The molecule has 0 saturated heterocycles. The molecule has 0 aliphatic rings. The highest BCUT2D eigenvalue weighted by atomic mass is 16.6. The highest BCUT2D eigenvalue weighted by Gasteiger charge is 2.13. The molecular weight excluding hydrogens is 284 g/mol. The van der Waals surface area contributed by atoms with Gasteiger partial charge in [-0.2, -0.15) is 5.26 Å². The quantitative estimate of drug-likeness (QED) is 0.774. The molecule has 6 heteroatoms. The molecule has 22 heavy (non-hydrogen) atoms. The van der Waals surface area contributed by atoms with Crippen molar-refractivity contribution in [3.05, 3.63) is 29.8 Å². The van der Waals surface area contributed by atoms with E-state index in [-0.39, 0.29) is 25.2 Å². The first kappa shape index (κ1) is 17.5. The highest BCUT2D eigenvalue weighted by molar-refractivity contribution is 5.81. The number of nitrogens with zero attached hydrogens (tertiary/aromatic N) is 1. The zero-order valence-corrected chi connectivity index (χ0v) is 13.0. The summed E-state index contributed by atoms with van der Waals surface area (Å²) in [5, 5.41) is 11.6. The summed E-state index contributed by atoms with van der Waals surface area (Å²) < 4.78 is 10.0. The van der Waals surface area contributed by atoms with E-state index in [1.165, 1.54) is 0 Å². The summed E-state index contributed by atoms with van der Waals surface area (Å²) in [6.07, 6.45) is 0. The lowest BCUT2D eigenvalue weighted by Crippen LogP contribution is -2.39. The minimum atomic E-state index is -0.667. The van der Waals surface area contributed by atoms with E-state index in [2.05, 4.69) is 5.32 Å². The van der Waals surface area contributed by atoms with Crippen LogP contribution >= 0.6 is 0 Å². The fourth-order valence-corrected chi connectivity index (χ4v) is 1.47. The number of benzene rings is 1. The van der Waals surface area contributed by atoms with E-state index in [9.17, 15) is 9.59 Å². The highest BCUT2D eigenvalue weighted by Crippen LogP contribution is 2.16. The van der Waals surface area contributed by atoms with Gasteiger partial charge < -0.3 is 14.8 Å². The summed E-state index contributed by atoms with van der Waals surface area (Å²) in [6, 6.07) is 8.53. The van der Waals surface area contributed by atoms with Crippen LogP contribution in [0.15, 0.2) is 24.3 Å². The number of carbonyl (C=O) groups excluding carboxylic acids is 2. The second kappa shape index (κ2) is 8.67. The molecule has 0 saturated carbocycles. The van der Waals surface area contributed by atoms with Gasteiger partial charge in [0.25, 0.3) is 5.91 Å². The van der Waals surface area contributed by atoms with E-state index in [0.717, 1.165) is 0 Å². The largest absolute Gasteiger partial charge is 0.481 e. The van der Waals surface area contributed by atoms with Crippen LogP contribution in [0.4, 0.5) is 0 Å². The molecule has 0 heterocycles. The second-order valence-corrected chi connectivity index (χ2v) is 5.16. The Morgan fingerprint density at radius 3 is 2.55 bits per heavy atom. The number of nitrogens with one attached hydrogen (secondary N) is 1. The number of ether oxygens (including phenoxy) is 2. The molecule has 6 nitrogen and oxygen atoms in total. The first-order valence-corrected chi connectivity index (χ1v) is 7.01. The lowest BCUT2D eigenvalue weighted by Gasteiger charge is -2.17. The van der Waals surface area contributed by atoms with Gasteiger partial charge in [-0.15, -0.1) is 0 Å². The number of nitriles is 1. The van der Waals surface area contributed by atoms with E-state index in [0.29, 0.717) is 17.2 Å².